The lowest BCUT2D eigenvalue weighted by Crippen LogP contribution is -2.05. The SMILES string of the molecule is CCCC=CCCC=CC(N)=O. The smallest absolute Gasteiger partial charge is 0.241 e. The van der Waals surface area contributed by atoms with Crippen LogP contribution in [0.2, 0.25) is 0 Å². The summed E-state index contributed by atoms with van der Waals surface area (Å²) in [5.74, 6) is -0.368. The highest BCUT2D eigenvalue weighted by Gasteiger charge is 1.81. The van der Waals surface area contributed by atoms with Gasteiger partial charge in [-0.05, 0) is 25.3 Å². The first-order chi connectivity index (χ1) is 5.77. The standard InChI is InChI=1S/C10H17NO/c1-2-3-4-5-6-7-8-9-10(11)12/h4-5,8-9H,2-3,6-7H2,1H3,(H2,11,12). The van der Waals surface area contributed by atoms with E-state index in [0.717, 1.165) is 19.3 Å². The summed E-state index contributed by atoms with van der Waals surface area (Å²) in [4.78, 5) is 10.3. The minimum absolute atomic E-state index is 0.368. The van der Waals surface area contributed by atoms with E-state index in [9.17, 15) is 4.79 Å². The first-order valence-corrected chi connectivity index (χ1v) is 4.38. The Labute approximate surface area is 74.1 Å². The van der Waals surface area contributed by atoms with Gasteiger partial charge in [0.05, 0.1) is 0 Å². The molecule has 0 saturated heterocycles. The van der Waals surface area contributed by atoms with Crippen LogP contribution >= 0.6 is 0 Å². The van der Waals surface area contributed by atoms with Crippen molar-refractivity contribution < 1.29 is 4.79 Å². The minimum Gasteiger partial charge on any atom is -0.366 e. The van der Waals surface area contributed by atoms with Gasteiger partial charge in [-0.25, -0.2) is 0 Å². The van der Waals surface area contributed by atoms with Crippen LogP contribution in [-0.4, -0.2) is 5.91 Å². The number of hydrogen-bond acceptors (Lipinski definition) is 1. The fourth-order valence-corrected chi connectivity index (χ4v) is 0.794. The molecule has 0 atom stereocenters. The fraction of sp³-hybridized carbons (Fsp3) is 0.500. The third-order valence-corrected chi connectivity index (χ3v) is 1.40. The summed E-state index contributed by atoms with van der Waals surface area (Å²) < 4.78 is 0. The Morgan fingerprint density at radius 3 is 2.33 bits per heavy atom. The summed E-state index contributed by atoms with van der Waals surface area (Å²) in [6, 6.07) is 0. The summed E-state index contributed by atoms with van der Waals surface area (Å²) in [6.07, 6.45) is 11.7. The van der Waals surface area contributed by atoms with Crippen molar-refractivity contribution in [1.29, 1.82) is 0 Å². The number of rotatable bonds is 6. The van der Waals surface area contributed by atoms with E-state index in [1.54, 1.807) is 6.08 Å². The molecule has 0 aliphatic heterocycles. The van der Waals surface area contributed by atoms with Crippen LogP contribution in [0.1, 0.15) is 32.6 Å². The molecule has 2 heteroatoms. The summed E-state index contributed by atoms with van der Waals surface area (Å²) >= 11 is 0. The zero-order valence-corrected chi connectivity index (χ0v) is 7.62. The number of nitrogens with two attached hydrogens (primary N) is 1. The first-order valence-electron chi connectivity index (χ1n) is 4.38. The highest BCUT2D eigenvalue weighted by atomic mass is 16.1. The number of amides is 1. The summed E-state index contributed by atoms with van der Waals surface area (Å²) in [7, 11) is 0. The van der Waals surface area contributed by atoms with E-state index in [-0.39, 0.29) is 5.91 Å². The van der Waals surface area contributed by atoms with Crippen molar-refractivity contribution in [3.63, 3.8) is 0 Å². The molecule has 2 N–H and O–H groups in total. The van der Waals surface area contributed by atoms with Gasteiger partial charge in [0.25, 0.3) is 0 Å². The van der Waals surface area contributed by atoms with E-state index in [0.29, 0.717) is 0 Å². The van der Waals surface area contributed by atoms with Gasteiger partial charge in [-0.3, -0.25) is 4.79 Å². The van der Waals surface area contributed by atoms with E-state index in [4.69, 9.17) is 5.73 Å². The van der Waals surface area contributed by atoms with E-state index in [1.165, 1.54) is 12.5 Å². The largest absolute Gasteiger partial charge is 0.366 e. The minimum atomic E-state index is -0.368. The van der Waals surface area contributed by atoms with Gasteiger partial charge in [0.1, 0.15) is 0 Å². The van der Waals surface area contributed by atoms with Crippen LogP contribution in [0.15, 0.2) is 24.3 Å². The predicted octanol–water partition coefficient (Wildman–Crippen LogP) is 2.16. The van der Waals surface area contributed by atoms with Gasteiger partial charge in [0, 0.05) is 0 Å². The lowest BCUT2D eigenvalue weighted by atomic mass is 10.2. The van der Waals surface area contributed by atoms with Gasteiger partial charge in [-0.2, -0.15) is 0 Å². The molecule has 0 aromatic rings. The second-order valence-corrected chi connectivity index (χ2v) is 2.64. The molecular formula is C10H17NO. The maximum absolute atomic E-state index is 10.3. The molecule has 0 radical (unpaired) electrons. The van der Waals surface area contributed by atoms with Crippen molar-refractivity contribution in [2.45, 2.75) is 32.6 Å². The average molecular weight is 167 g/mol. The highest BCUT2D eigenvalue weighted by Crippen LogP contribution is 1.95. The normalized spacial score (nSPS) is 11.4. The third kappa shape index (κ3) is 8.95. The van der Waals surface area contributed by atoms with Gasteiger partial charge in [0.2, 0.25) is 5.91 Å². The Kier molecular flexibility index (Phi) is 7.35. The van der Waals surface area contributed by atoms with Gasteiger partial charge >= 0.3 is 0 Å². The van der Waals surface area contributed by atoms with E-state index in [2.05, 4.69) is 19.1 Å². The monoisotopic (exact) mass is 167 g/mol. The third-order valence-electron chi connectivity index (χ3n) is 1.40. The Morgan fingerprint density at radius 1 is 1.17 bits per heavy atom. The molecule has 0 fully saturated rings. The highest BCUT2D eigenvalue weighted by molar-refractivity contribution is 5.85. The van der Waals surface area contributed by atoms with Crippen LogP contribution in [-0.2, 0) is 4.79 Å². The number of primary amides is 1. The van der Waals surface area contributed by atoms with E-state index >= 15 is 0 Å². The lowest BCUT2D eigenvalue weighted by molar-refractivity contribution is -0.113. The van der Waals surface area contributed by atoms with Crippen molar-refractivity contribution >= 4 is 5.91 Å². The molecule has 1 amide bonds. The zero-order valence-electron chi connectivity index (χ0n) is 7.62. The zero-order chi connectivity index (χ0) is 9.23. The molecule has 0 spiro atoms. The van der Waals surface area contributed by atoms with E-state index < -0.39 is 0 Å². The molecule has 0 heterocycles. The maximum Gasteiger partial charge on any atom is 0.241 e. The van der Waals surface area contributed by atoms with Crippen molar-refractivity contribution in [3.05, 3.63) is 24.3 Å². The molecule has 12 heavy (non-hydrogen) atoms. The van der Waals surface area contributed by atoms with Crippen LogP contribution in [0.4, 0.5) is 0 Å². The molecule has 0 rings (SSSR count). The first kappa shape index (κ1) is 11.0. The summed E-state index contributed by atoms with van der Waals surface area (Å²) in [6.45, 7) is 2.15. The number of carbonyl (C=O) groups excluding carboxylic acids is 1. The van der Waals surface area contributed by atoms with Crippen molar-refractivity contribution in [1.82, 2.24) is 0 Å². The maximum atomic E-state index is 10.3. The molecule has 0 saturated carbocycles. The van der Waals surface area contributed by atoms with Crippen LogP contribution < -0.4 is 5.73 Å². The Balaban J connectivity index is 3.26. The van der Waals surface area contributed by atoms with Crippen molar-refractivity contribution in [3.8, 4) is 0 Å². The van der Waals surface area contributed by atoms with Crippen LogP contribution in [0.3, 0.4) is 0 Å². The van der Waals surface area contributed by atoms with Gasteiger partial charge < -0.3 is 5.73 Å². The molecule has 2 nitrogen and oxygen atoms in total. The topological polar surface area (TPSA) is 43.1 Å². The Bertz CT molecular complexity index is 171. The number of carbonyl (C=O) groups is 1. The second kappa shape index (κ2) is 8.05. The van der Waals surface area contributed by atoms with Gasteiger partial charge in [0.15, 0.2) is 0 Å². The summed E-state index contributed by atoms with van der Waals surface area (Å²) in [5.41, 5.74) is 4.91. The molecule has 0 bridgehead atoms. The van der Waals surface area contributed by atoms with Crippen molar-refractivity contribution in [2.75, 3.05) is 0 Å². The van der Waals surface area contributed by atoms with Crippen LogP contribution in [0.5, 0.6) is 0 Å². The molecule has 68 valence electrons. The molecule has 0 unspecified atom stereocenters. The molecule has 0 aromatic carbocycles. The lowest BCUT2D eigenvalue weighted by Gasteiger charge is -1.86. The predicted molar refractivity (Wildman–Crippen MR) is 51.6 cm³/mol. The second-order valence-electron chi connectivity index (χ2n) is 2.64. The van der Waals surface area contributed by atoms with Crippen LogP contribution in [0, 0.1) is 0 Å². The quantitative estimate of drug-likeness (QED) is 0.367. The number of hydrogen-bond donors (Lipinski definition) is 1. The van der Waals surface area contributed by atoms with Crippen LogP contribution in [0.25, 0.3) is 0 Å². The van der Waals surface area contributed by atoms with Gasteiger partial charge in [-0.15, -0.1) is 0 Å². The Hall–Kier alpha value is -1.05. The average Bonchev–Trinajstić information content (AvgIpc) is 2.02. The number of allylic oxidation sites excluding steroid dienone is 3. The van der Waals surface area contributed by atoms with E-state index in [1.807, 2.05) is 0 Å². The number of unbranched alkanes of at least 4 members (excludes halogenated alkanes) is 2. The molecule has 0 aliphatic rings. The molecule has 0 aliphatic carbocycles. The molecular weight excluding hydrogens is 150 g/mol. The van der Waals surface area contributed by atoms with Crippen molar-refractivity contribution in [2.24, 2.45) is 5.73 Å². The van der Waals surface area contributed by atoms with Gasteiger partial charge in [-0.1, -0.05) is 31.6 Å². The molecule has 0 aromatic heterocycles. The Morgan fingerprint density at radius 2 is 1.75 bits per heavy atom. The fourth-order valence-electron chi connectivity index (χ4n) is 0.794. The summed E-state index contributed by atoms with van der Waals surface area (Å²) in [5, 5.41) is 0.